The standard InChI is InChI=1S/C19H20BrN/c20-18-6-2-5-17(10-18)19(12-21-13-19)11-14-7-8-15-3-1-4-16(15)9-14/h2,5-10,21H,1,3-4,11-13H2. The second kappa shape index (κ2) is 5.26. The fraction of sp³-hybridized carbons (Fsp3) is 0.368. The van der Waals surface area contributed by atoms with Gasteiger partial charge >= 0.3 is 0 Å². The van der Waals surface area contributed by atoms with Crippen molar-refractivity contribution in [3.8, 4) is 0 Å². The van der Waals surface area contributed by atoms with E-state index in [9.17, 15) is 0 Å². The van der Waals surface area contributed by atoms with Crippen LogP contribution in [0.5, 0.6) is 0 Å². The Balaban J connectivity index is 1.65. The Hall–Kier alpha value is -1.12. The molecule has 1 N–H and O–H groups in total. The molecular weight excluding hydrogens is 322 g/mol. The number of benzene rings is 2. The summed E-state index contributed by atoms with van der Waals surface area (Å²) in [6, 6.07) is 16.0. The Morgan fingerprint density at radius 1 is 1.00 bits per heavy atom. The van der Waals surface area contributed by atoms with E-state index in [0.29, 0.717) is 0 Å². The molecule has 0 atom stereocenters. The highest BCUT2D eigenvalue weighted by atomic mass is 79.9. The van der Waals surface area contributed by atoms with E-state index in [-0.39, 0.29) is 5.41 Å². The fourth-order valence-corrected chi connectivity index (χ4v) is 4.20. The van der Waals surface area contributed by atoms with E-state index >= 15 is 0 Å². The monoisotopic (exact) mass is 341 g/mol. The number of hydrogen-bond acceptors (Lipinski definition) is 1. The molecule has 2 aromatic carbocycles. The van der Waals surface area contributed by atoms with Crippen molar-refractivity contribution >= 4 is 15.9 Å². The zero-order chi connectivity index (χ0) is 14.3. The number of nitrogens with one attached hydrogen (secondary N) is 1. The third-order valence-corrected chi connectivity index (χ3v) is 5.56. The van der Waals surface area contributed by atoms with E-state index in [0.717, 1.165) is 19.5 Å². The molecule has 2 aromatic rings. The molecule has 1 heterocycles. The summed E-state index contributed by atoms with van der Waals surface area (Å²) in [5.74, 6) is 0. The minimum absolute atomic E-state index is 0.274. The summed E-state index contributed by atoms with van der Waals surface area (Å²) in [5, 5.41) is 3.48. The number of aryl methyl sites for hydroxylation is 2. The van der Waals surface area contributed by atoms with Gasteiger partial charge in [0.25, 0.3) is 0 Å². The van der Waals surface area contributed by atoms with Gasteiger partial charge in [-0.15, -0.1) is 0 Å². The zero-order valence-electron chi connectivity index (χ0n) is 12.2. The highest BCUT2D eigenvalue weighted by Gasteiger charge is 2.38. The highest BCUT2D eigenvalue weighted by Crippen LogP contribution is 2.35. The van der Waals surface area contributed by atoms with Crippen molar-refractivity contribution in [2.45, 2.75) is 31.1 Å². The molecule has 0 bridgehead atoms. The predicted molar refractivity (Wildman–Crippen MR) is 90.9 cm³/mol. The van der Waals surface area contributed by atoms with E-state index < -0.39 is 0 Å². The molecule has 1 fully saturated rings. The molecular formula is C19H20BrN. The van der Waals surface area contributed by atoms with E-state index in [1.165, 1.54) is 34.9 Å². The first-order valence-corrected chi connectivity index (χ1v) is 8.62. The van der Waals surface area contributed by atoms with E-state index in [1.807, 2.05) is 0 Å². The van der Waals surface area contributed by atoms with Gasteiger partial charge in [0.05, 0.1) is 0 Å². The van der Waals surface area contributed by atoms with Gasteiger partial charge in [-0.1, -0.05) is 46.3 Å². The van der Waals surface area contributed by atoms with Crippen LogP contribution in [0.1, 0.15) is 28.7 Å². The average molecular weight is 342 g/mol. The molecule has 1 aliphatic heterocycles. The highest BCUT2D eigenvalue weighted by molar-refractivity contribution is 9.10. The lowest BCUT2D eigenvalue weighted by molar-refractivity contribution is 0.274. The Bertz CT molecular complexity index is 673. The number of halogens is 1. The summed E-state index contributed by atoms with van der Waals surface area (Å²) in [5.41, 5.74) is 6.38. The Morgan fingerprint density at radius 3 is 2.62 bits per heavy atom. The maximum atomic E-state index is 3.61. The maximum Gasteiger partial charge on any atom is 0.0243 e. The molecule has 1 nitrogen and oxygen atoms in total. The van der Waals surface area contributed by atoms with Crippen molar-refractivity contribution in [3.05, 3.63) is 69.2 Å². The van der Waals surface area contributed by atoms with E-state index in [2.05, 4.69) is 63.7 Å². The molecule has 4 rings (SSSR count). The van der Waals surface area contributed by atoms with Crippen LogP contribution in [-0.2, 0) is 24.7 Å². The van der Waals surface area contributed by atoms with Crippen LogP contribution in [0.25, 0.3) is 0 Å². The summed E-state index contributed by atoms with van der Waals surface area (Å²) in [7, 11) is 0. The second-order valence-electron chi connectivity index (χ2n) is 6.53. The van der Waals surface area contributed by atoms with Gasteiger partial charge in [0.1, 0.15) is 0 Å². The van der Waals surface area contributed by atoms with Crippen LogP contribution in [0.3, 0.4) is 0 Å². The minimum atomic E-state index is 0.274. The summed E-state index contributed by atoms with van der Waals surface area (Å²) < 4.78 is 1.18. The molecule has 2 aliphatic rings. The van der Waals surface area contributed by atoms with E-state index in [4.69, 9.17) is 0 Å². The topological polar surface area (TPSA) is 12.0 Å². The molecule has 1 aliphatic carbocycles. The molecule has 0 unspecified atom stereocenters. The molecule has 21 heavy (non-hydrogen) atoms. The number of fused-ring (bicyclic) bond motifs is 1. The second-order valence-corrected chi connectivity index (χ2v) is 7.44. The molecule has 108 valence electrons. The predicted octanol–water partition coefficient (Wildman–Crippen LogP) is 4.02. The molecule has 0 saturated carbocycles. The molecule has 0 spiro atoms. The average Bonchev–Trinajstić information content (AvgIpc) is 2.90. The van der Waals surface area contributed by atoms with Gasteiger partial charge in [-0.2, -0.15) is 0 Å². The van der Waals surface area contributed by atoms with Crippen LogP contribution in [0.2, 0.25) is 0 Å². The van der Waals surface area contributed by atoms with Gasteiger partial charge in [-0.25, -0.2) is 0 Å². The van der Waals surface area contributed by atoms with Crippen molar-refractivity contribution in [2.75, 3.05) is 13.1 Å². The van der Waals surface area contributed by atoms with Gasteiger partial charge in [-0.05, 0) is 60.1 Å². The molecule has 1 saturated heterocycles. The Morgan fingerprint density at radius 2 is 1.86 bits per heavy atom. The van der Waals surface area contributed by atoms with Crippen molar-refractivity contribution in [1.29, 1.82) is 0 Å². The van der Waals surface area contributed by atoms with E-state index in [1.54, 1.807) is 11.1 Å². The Labute approximate surface area is 134 Å². The van der Waals surface area contributed by atoms with Gasteiger partial charge in [0.2, 0.25) is 0 Å². The van der Waals surface area contributed by atoms with Crippen molar-refractivity contribution in [2.24, 2.45) is 0 Å². The van der Waals surface area contributed by atoms with Crippen LogP contribution in [0, 0.1) is 0 Å². The van der Waals surface area contributed by atoms with Crippen molar-refractivity contribution < 1.29 is 0 Å². The summed E-state index contributed by atoms with van der Waals surface area (Å²) in [4.78, 5) is 0. The maximum absolute atomic E-state index is 3.61. The first-order chi connectivity index (χ1) is 10.3. The number of rotatable bonds is 3. The SMILES string of the molecule is Brc1cccc(C2(Cc3ccc4c(c3)CCC4)CNC2)c1. The van der Waals surface area contributed by atoms with Gasteiger partial charge in [-0.3, -0.25) is 0 Å². The number of hydrogen-bond donors (Lipinski definition) is 1. The Kier molecular flexibility index (Phi) is 3.39. The summed E-state index contributed by atoms with van der Waals surface area (Å²) in [6.45, 7) is 2.17. The molecule has 0 radical (unpaired) electrons. The first kappa shape index (κ1) is 13.5. The van der Waals surface area contributed by atoms with Crippen LogP contribution in [-0.4, -0.2) is 13.1 Å². The van der Waals surface area contributed by atoms with Gasteiger partial charge in [0, 0.05) is 23.0 Å². The normalized spacial score (nSPS) is 19.1. The van der Waals surface area contributed by atoms with Crippen molar-refractivity contribution in [3.63, 3.8) is 0 Å². The van der Waals surface area contributed by atoms with Gasteiger partial charge in [0.15, 0.2) is 0 Å². The lowest BCUT2D eigenvalue weighted by atomic mass is 9.71. The van der Waals surface area contributed by atoms with Crippen LogP contribution >= 0.6 is 15.9 Å². The van der Waals surface area contributed by atoms with Crippen LogP contribution in [0.15, 0.2) is 46.9 Å². The smallest absolute Gasteiger partial charge is 0.0243 e. The third kappa shape index (κ3) is 2.45. The lowest BCUT2D eigenvalue weighted by Crippen LogP contribution is -2.58. The van der Waals surface area contributed by atoms with Crippen LogP contribution in [0.4, 0.5) is 0 Å². The third-order valence-electron chi connectivity index (χ3n) is 5.07. The largest absolute Gasteiger partial charge is 0.315 e. The molecule has 2 heteroatoms. The fourth-order valence-electron chi connectivity index (χ4n) is 3.80. The van der Waals surface area contributed by atoms with Crippen LogP contribution < -0.4 is 5.32 Å². The summed E-state index contributed by atoms with van der Waals surface area (Å²) in [6.07, 6.45) is 5.01. The molecule has 0 amide bonds. The molecule has 0 aromatic heterocycles. The van der Waals surface area contributed by atoms with Crippen molar-refractivity contribution in [1.82, 2.24) is 5.32 Å². The first-order valence-electron chi connectivity index (χ1n) is 7.83. The van der Waals surface area contributed by atoms with Gasteiger partial charge < -0.3 is 5.32 Å². The quantitative estimate of drug-likeness (QED) is 0.888. The lowest BCUT2D eigenvalue weighted by Gasteiger charge is -2.43. The minimum Gasteiger partial charge on any atom is -0.315 e. The zero-order valence-corrected chi connectivity index (χ0v) is 13.7. The summed E-state index contributed by atoms with van der Waals surface area (Å²) >= 11 is 3.61.